The molecule has 130 valence electrons. The minimum Gasteiger partial charge on any atom is -0.507 e. The van der Waals surface area contributed by atoms with Gasteiger partial charge in [0.2, 0.25) is 0 Å². The summed E-state index contributed by atoms with van der Waals surface area (Å²) >= 11 is 0. The second kappa shape index (κ2) is 8.52. The number of carbonyl (C=O) groups is 2. The van der Waals surface area contributed by atoms with Gasteiger partial charge in [0.25, 0.3) is 0 Å². The predicted molar refractivity (Wildman–Crippen MR) is 90.5 cm³/mol. The minimum absolute atomic E-state index is 0.102. The maximum Gasteiger partial charge on any atom is 0.342 e. The molecule has 1 heterocycles. The van der Waals surface area contributed by atoms with Crippen molar-refractivity contribution >= 4 is 11.8 Å². The van der Waals surface area contributed by atoms with E-state index in [9.17, 15) is 14.7 Å². The Morgan fingerprint density at radius 2 is 1.92 bits per heavy atom. The van der Waals surface area contributed by atoms with Crippen LogP contribution in [0.15, 0.2) is 24.3 Å². The number of phenolic OH excluding ortho intramolecular Hbond substituents is 1. The molecule has 0 aliphatic carbocycles. The van der Waals surface area contributed by atoms with E-state index in [1.54, 1.807) is 25.1 Å². The Morgan fingerprint density at radius 1 is 1.17 bits per heavy atom. The summed E-state index contributed by atoms with van der Waals surface area (Å²) in [5.41, 5.74) is 0.919. The van der Waals surface area contributed by atoms with E-state index in [2.05, 4.69) is 0 Å². The lowest BCUT2D eigenvalue weighted by molar-refractivity contribution is -0.114. The van der Waals surface area contributed by atoms with Crippen LogP contribution in [0.3, 0.4) is 0 Å². The Kier molecular flexibility index (Phi) is 6.41. The van der Waals surface area contributed by atoms with Crippen LogP contribution in [-0.2, 0) is 16.0 Å². The number of methoxy groups -OCH3 is 1. The van der Waals surface area contributed by atoms with Gasteiger partial charge in [-0.2, -0.15) is 0 Å². The molecule has 5 heteroatoms. The van der Waals surface area contributed by atoms with E-state index < -0.39 is 5.97 Å². The third-order valence-corrected chi connectivity index (χ3v) is 4.06. The lowest BCUT2D eigenvalue weighted by atomic mass is 9.98. The summed E-state index contributed by atoms with van der Waals surface area (Å²) in [6, 6.07) is 3.18. The lowest BCUT2D eigenvalue weighted by Crippen LogP contribution is -2.16. The average molecular weight is 332 g/mol. The van der Waals surface area contributed by atoms with Crippen LogP contribution in [0.25, 0.3) is 0 Å². The molecule has 1 aliphatic rings. The highest BCUT2D eigenvalue weighted by Crippen LogP contribution is 2.30. The molecule has 0 spiro atoms. The van der Waals surface area contributed by atoms with Gasteiger partial charge in [-0.15, -0.1) is 0 Å². The van der Waals surface area contributed by atoms with Crippen molar-refractivity contribution in [2.45, 2.75) is 51.6 Å². The van der Waals surface area contributed by atoms with Gasteiger partial charge in [0, 0.05) is 18.9 Å². The van der Waals surface area contributed by atoms with Crippen molar-refractivity contribution in [1.29, 1.82) is 0 Å². The summed E-state index contributed by atoms with van der Waals surface area (Å²) in [6.45, 7) is 1.76. The number of allylic oxidation sites excluding steroid dienone is 1. The highest BCUT2D eigenvalue weighted by Gasteiger charge is 2.21. The molecular weight excluding hydrogens is 308 g/mol. The quantitative estimate of drug-likeness (QED) is 0.796. The van der Waals surface area contributed by atoms with Crippen molar-refractivity contribution in [1.82, 2.24) is 0 Å². The van der Waals surface area contributed by atoms with Crippen LogP contribution >= 0.6 is 0 Å². The molecule has 2 rings (SSSR count). The van der Waals surface area contributed by atoms with Crippen molar-refractivity contribution < 1.29 is 24.2 Å². The van der Waals surface area contributed by atoms with Crippen LogP contribution < -0.4 is 4.74 Å². The molecule has 0 unspecified atom stereocenters. The minimum atomic E-state index is -0.547. The van der Waals surface area contributed by atoms with E-state index in [0.717, 1.165) is 19.3 Å². The van der Waals surface area contributed by atoms with Gasteiger partial charge < -0.3 is 14.6 Å². The summed E-state index contributed by atoms with van der Waals surface area (Å²) in [5.74, 6) is -0.0644. The molecule has 1 aliphatic heterocycles. The molecule has 0 bridgehead atoms. The van der Waals surface area contributed by atoms with Crippen molar-refractivity contribution in [2.75, 3.05) is 7.11 Å². The number of esters is 1. The molecular formula is C19H24O5. The number of cyclic esters (lactones) is 1. The zero-order valence-electron chi connectivity index (χ0n) is 14.2. The molecule has 1 aromatic rings. The first kappa shape index (κ1) is 18.0. The van der Waals surface area contributed by atoms with Gasteiger partial charge in [-0.3, -0.25) is 4.79 Å². The SMILES string of the molecule is COc1cc(O)c2c(c1)CCCCCC(=O)/C=C\C[C@H](C)OC2=O. The molecule has 0 aromatic heterocycles. The van der Waals surface area contributed by atoms with Gasteiger partial charge in [0.1, 0.15) is 23.2 Å². The molecule has 0 fully saturated rings. The van der Waals surface area contributed by atoms with E-state index in [1.807, 2.05) is 0 Å². The van der Waals surface area contributed by atoms with E-state index >= 15 is 0 Å². The van der Waals surface area contributed by atoms with Gasteiger partial charge in [-0.25, -0.2) is 4.79 Å². The molecule has 0 saturated carbocycles. The molecule has 0 amide bonds. The first-order chi connectivity index (χ1) is 11.5. The standard InChI is InChI=1S/C19H24O5/c1-13-7-6-10-15(20)9-5-3-4-8-14-11-16(23-2)12-17(21)18(14)19(22)24-13/h6,10-13,21H,3-5,7-9H2,1-2H3/b10-6-/t13-/m0/s1. The predicted octanol–water partition coefficient (Wildman–Crippen LogP) is 3.58. The van der Waals surface area contributed by atoms with Gasteiger partial charge in [-0.1, -0.05) is 12.5 Å². The van der Waals surface area contributed by atoms with Gasteiger partial charge in [0.05, 0.1) is 7.11 Å². The van der Waals surface area contributed by atoms with Gasteiger partial charge in [0.15, 0.2) is 5.78 Å². The number of hydrogen-bond acceptors (Lipinski definition) is 5. The van der Waals surface area contributed by atoms with Crippen molar-refractivity contribution in [3.8, 4) is 11.5 Å². The fourth-order valence-electron chi connectivity index (χ4n) is 2.76. The van der Waals surface area contributed by atoms with E-state index in [4.69, 9.17) is 9.47 Å². The average Bonchev–Trinajstić information content (AvgIpc) is 2.53. The lowest BCUT2D eigenvalue weighted by Gasteiger charge is -2.16. The highest BCUT2D eigenvalue weighted by atomic mass is 16.5. The summed E-state index contributed by atoms with van der Waals surface area (Å²) in [7, 11) is 1.52. The van der Waals surface area contributed by atoms with Crippen molar-refractivity contribution in [3.05, 3.63) is 35.4 Å². The smallest absolute Gasteiger partial charge is 0.342 e. The van der Waals surface area contributed by atoms with Crippen LogP contribution in [0, 0.1) is 0 Å². The van der Waals surface area contributed by atoms with E-state index in [1.165, 1.54) is 13.2 Å². The highest BCUT2D eigenvalue weighted by molar-refractivity contribution is 5.94. The molecule has 0 saturated heterocycles. The normalized spacial score (nSPS) is 21.3. The Balaban J connectivity index is 2.30. The van der Waals surface area contributed by atoms with Gasteiger partial charge in [-0.05, 0) is 43.9 Å². The first-order valence-electron chi connectivity index (χ1n) is 8.31. The first-order valence-corrected chi connectivity index (χ1v) is 8.31. The third kappa shape index (κ3) is 4.85. The molecule has 1 N–H and O–H groups in total. The van der Waals surface area contributed by atoms with Crippen molar-refractivity contribution in [2.24, 2.45) is 0 Å². The topological polar surface area (TPSA) is 72.8 Å². The number of carbonyl (C=O) groups excluding carboxylic acids is 2. The fourth-order valence-corrected chi connectivity index (χ4v) is 2.76. The van der Waals surface area contributed by atoms with Crippen LogP contribution in [0.2, 0.25) is 0 Å². The van der Waals surface area contributed by atoms with Crippen LogP contribution in [0.5, 0.6) is 11.5 Å². The monoisotopic (exact) mass is 332 g/mol. The van der Waals surface area contributed by atoms with Crippen LogP contribution in [-0.4, -0.2) is 30.1 Å². The van der Waals surface area contributed by atoms with Crippen molar-refractivity contribution in [3.63, 3.8) is 0 Å². The number of fused-ring (bicyclic) bond motifs is 1. The second-order valence-corrected chi connectivity index (χ2v) is 6.06. The zero-order valence-corrected chi connectivity index (χ0v) is 14.2. The maximum absolute atomic E-state index is 12.5. The molecule has 1 atom stereocenters. The van der Waals surface area contributed by atoms with E-state index in [0.29, 0.717) is 30.6 Å². The second-order valence-electron chi connectivity index (χ2n) is 6.06. The van der Waals surface area contributed by atoms with Crippen LogP contribution in [0.1, 0.15) is 54.9 Å². The van der Waals surface area contributed by atoms with Crippen LogP contribution in [0.4, 0.5) is 0 Å². The number of aryl methyl sites for hydroxylation is 1. The van der Waals surface area contributed by atoms with E-state index in [-0.39, 0.29) is 23.2 Å². The summed E-state index contributed by atoms with van der Waals surface area (Å²) in [6.07, 6.45) is 7.04. The largest absolute Gasteiger partial charge is 0.507 e. The Hall–Kier alpha value is -2.30. The Labute approximate surface area is 142 Å². The number of aromatic hydroxyl groups is 1. The fraction of sp³-hybridized carbons (Fsp3) is 0.474. The number of phenols is 1. The molecule has 1 aromatic carbocycles. The summed E-state index contributed by atoms with van der Waals surface area (Å²) in [5, 5.41) is 10.2. The molecule has 0 radical (unpaired) electrons. The summed E-state index contributed by atoms with van der Waals surface area (Å²) in [4.78, 5) is 24.2. The number of rotatable bonds is 1. The Bertz CT molecular complexity index is 633. The zero-order chi connectivity index (χ0) is 17.5. The third-order valence-electron chi connectivity index (χ3n) is 4.06. The number of benzene rings is 1. The maximum atomic E-state index is 12.5. The number of hydrogen-bond donors (Lipinski definition) is 1. The number of ether oxygens (including phenoxy) is 2. The molecule has 24 heavy (non-hydrogen) atoms. The van der Waals surface area contributed by atoms with Gasteiger partial charge >= 0.3 is 5.97 Å². The Morgan fingerprint density at radius 3 is 2.67 bits per heavy atom. The number of ketones is 1. The molecule has 5 nitrogen and oxygen atoms in total. The summed E-state index contributed by atoms with van der Waals surface area (Å²) < 4.78 is 10.6.